The van der Waals surface area contributed by atoms with Crippen LogP contribution in [0.1, 0.15) is 247 Å². The number of nitrogens with zero attached hydrogens (tertiary/aromatic N) is 1. The minimum Gasteiger partial charge on any atom is -0.465 e. The van der Waals surface area contributed by atoms with Gasteiger partial charge in [-0.2, -0.15) is 0 Å². The Labute approximate surface area is 334 Å². The van der Waals surface area contributed by atoms with Crippen LogP contribution >= 0.6 is 0 Å². The van der Waals surface area contributed by atoms with Gasteiger partial charge in [-0.3, -0.25) is 4.79 Å². The van der Waals surface area contributed by atoms with E-state index in [1.165, 1.54) is 199 Å². The molecule has 0 aliphatic heterocycles. The third-order valence-electron chi connectivity index (χ3n) is 11.4. The average Bonchev–Trinajstić information content (AvgIpc) is 3.16. The summed E-state index contributed by atoms with van der Waals surface area (Å²) in [6.45, 7) is 17.4. The van der Waals surface area contributed by atoms with Crippen molar-refractivity contribution in [1.82, 2.24) is 4.90 Å². The van der Waals surface area contributed by atoms with Crippen molar-refractivity contribution in [2.45, 2.75) is 247 Å². The van der Waals surface area contributed by atoms with Crippen molar-refractivity contribution >= 4 is 5.97 Å². The van der Waals surface area contributed by atoms with Crippen LogP contribution in [0.5, 0.6) is 0 Å². The Morgan fingerprint density at radius 3 is 1.42 bits per heavy atom. The summed E-state index contributed by atoms with van der Waals surface area (Å²) in [4.78, 5) is 15.7. The first-order chi connectivity index (χ1) is 26.1. The molecular formula is C49H97NO3. The quantitative estimate of drug-likeness (QED) is 0.0353. The molecule has 0 heterocycles. The summed E-state index contributed by atoms with van der Waals surface area (Å²) in [6, 6.07) is 0. The zero-order valence-corrected chi connectivity index (χ0v) is 37.1. The molecule has 0 aromatic rings. The fourth-order valence-electron chi connectivity index (χ4n) is 7.74. The van der Waals surface area contributed by atoms with E-state index in [1.807, 2.05) is 0 Å². The molecule has 0 spiro atoms. The number of unbranched alkanes of at least 4 members (excludes halogenated alkanes) is 22. The summed E-state index contributed by atoms with van der Waals surface area (Å²) in [7, 11) is 0. The molecule has 316 valence electrons. The van der Waals surface area contributed by atoms with Crippen molar-refractivity contribution in [2.24, 2.45) is 11.8 Å². The van der Waals surface area contributed by atoms with Gasteiger partial charge in [0.05, 0.1) is 12.5 Å². The van der Waals surface area contributed by atoms with Crippen molar-refractivity contribution < 1.29 is 14.3 Å². The van der Waals surface area contributed by atoms with E-state index in [0.717, 1.165) is 51.2 Å². The zero-order valence-electron chi connectivity index (χ0n) is 37.1. The van der Waals surface area contributed by atoms with Gasteiger partial charge in [-0.1, -0.05) is 194 Å². The summed E-state index contributed by atoms with van der Waals surface area (Å²) in [5.74, 6) is 0.978. The first-order valence-electron chi connectivity index (χ1n) is 24.2. The number of esters is 1. The van der Waals surface area contributed by atoms with Gasteiger partial charge in [0.15, 0.2) is 0 Å². The van der Waals surface area contributed by atoms with E-state index in [0.29, 0.717) is 6.61 Å². The van der Waals surface area contributed by atoms with Crippen LogP contribution in [0.3, 0.4) is 0 Å². The van der Waals surface area contributed by atoms with Crippen LogP contribution in [-0.4, -0.2) is 50.3 Å². The van der Waals surface area contributed by atoms with E-state index in [9.17, 15) is 4.79 Å². The minimum atomic E-state index is 0.0854. The predicted octanol–water partition coefficient (Wildman–Crippen LogP) is 15.6. The van der Waals surface area contributed by atoms with Gasteiger partial charge in [-0.05, 0) is 83.7 Å². The Morgan fingerprint density at radius 2 is 0.906 bits per heavy atom. The van der Waals surface area contributed by atoms with Crippen LogP contribution in [0.4, 0.5) is 0 Å². The van der Waals surface area contributed by atoms with Crippen LogP contribution in [0.15, 0.2) is 12.2 Å². The zero-order chi connectivity index (χ0) is 38.7. The predicted molar refractivity (Wildman–Crippen MR) is 235 cm³/mol. The van der Waals surface area contributed by atoms with Crippen LogP contribution in [0, 0.1) is 11.8 Å². The molecule has 0 fully saturated rings. The molecule has 0 N–H and O–H groups in total. The number of hydrogen-bond donors (Lipinski definition) is 0. The van der Waals surface area contributed by atoms with Gasteiger partial charge in [-0.15, -0.1) is 0 Å². The van der Waals surface area contributed by atoms with E-state index in [-0.39, 0.29) is 11.9 Å². The Kier molecular flexibility index (Phi) is 43.1. The molecule has 2 atom stereocenters. The fraction of sp³-hybridized carbons (Fsp3) is 0.939. The summed E-state index contributed by atoms with van der Waals surface area (Å²) < 4.78 is 12.1. The van der Waals surface area contributed by atoms with E-state index in [1.54, 1.807) is 0 Å². The lowest BCUT2D eigenvalue weighted by Gasteiger charge is -2.22. The number of ether oxygens (including phenoxy) is 2. The van der Waals surface area contributed by atoms with E-state index in [4.69, 9.17) is 9.47 Å². The van der Waals surface area contributed by atoms with Gasteiger partial charge >= 0.3 is 5.97 Å². The maximum Gasteiger partial charge on any atom is 0.308 e. The van der Waals surface area contributed by atoms with Crippen molar-refractivity contribution in [1.29, 1.82) is 0 Å². The molecule has 0 aliphatic carbocycles. The van der Waals surface area contributed by atoms with Gasteiger partial charge < -0.3 is 14.4 Å². The molecule has 0 aromatic heterocycles. The number of hydrogen-bond acceptors (Lipinski definition) is 4. The van der Waals surface area contributed by atoms with Crippen LogP contribution in [0.2, 0.25) is 0 Å². The Bertz CT molecular complexity index is 739. The molecule has 0 aromatic carbocycles. The maximum absolute atomic E-state index is 13.0. The normalized spacial score (nSPS) is 13.0. The third-order valence-corrected chi connectivity index (χ3v) is 11.4. The number of rotatable bonds is 44. The van der Waals surface area contributed by atoms with Gasteiger partial charge in [0, 0.05) is 19.8 Å². The summed E-state index contributed by atoms with van der Waals surface area (Å²) in [6.07, 6.45) is 46.7. The fourth-order valence-corrected chi connectivity index (χ4v) is 7.74. The highest BCUT2D eigenvalue weighted by molar-refractivity contribution is 5.72. The van der Waals surface area contributed by atoms with E-state index in [2.05, 4.69) is 51.7 Å². The third kappa shape index (κ3) is 37.8. The highest BCUT2D eigenvalue weighted by atomic mass is 16.5. The maximum atomic E-state index is 13.0. The second kappa shape index (κ2) is 43.9. The molecule has 0 saturated heterocycles. The topological polar surface area (TPSA) is 38.8 Å². The second-order valence-electron chi connectivity index (χ2n) is 16.6. The van der Waals surface area contributed by atoms with E-state index < -0.39 is 0 Å². The standard InChI is InChI=1S/C49H97NO3/c1-6-11-16-20-22-29-38-47(37-28-18-13-8-3)46-52-44-35-26-24-33-42-50(41-32-15-10-5)43-34-25-27-36-45-53-49(51)48(39-30-19-14-9-4)40-31-23-21-17-12-7-2/h10,15,47-48H,6-9,11-14,16-46H2,1-5H3/b15-10+. The Balaban J connectivity index is 4.27. The first kappa shape index (κ1) is 52.1. The molecular weight excluding hydrogens is 651 g/mol. The lowest BCUT2D eigenvalue weighted by Crippen LogP contribution is -2.27. The monoisotopic (exact) mass is 748 g/mol. The SMILES string of the molecule is C/C=C/CCN(CCCCCCOCC(CCCCCC)CCCCCCCC)CCCCCCOC(=O)C(CCCCCC)CCCCCCCC. The van der Waals surface area contributed by atoms with Gasteiger partial charge in [0.1, 0.15) is 0 Å². The van der Waals surface area contributed by atoms with Crippen molar-refractivity contribution in [3.05, 3.63) is 12.2 Å². The molecule has 2 unspecified atom stereocenters. The highest BCUT2D eigenvalue weighted by Crippen LogP contribution is 2.22. The van der Waals surface area contributed by atoms with Crippen LogP contribution in [-0.2, 0) is 14.3 Å². The van der Waals surface area contributed by atoms with Crippen LogP contribution in [0.25, 0.3) is 0 Å². The lowest BCUT2D eigenvalue weighted by atomic mass is 9.94. The van der Waals surface area contributed by atoms with Crippen LogP contribution < -0.4 is 0 Å². The molecule has 0 radical (unpaired) electrons. The Hall–Kier alpha value is -0.870. The first-order valence-corrected chi connectivity index (χ1v) is 24.2. The van der Waals surface area contributed by atoms with Crippen molar-refractivity contribution in [3.63, 3.8) is 0 Å². The largest absolute Gasteiger partial charge is 0.465 e. The van der Waals surface area contributed by atoms with Gasteiger partial charge in [0.2, 0.25) is 0 Å². The summed E-state index contributed by atoms with van der Waals surface area (Å²) in [5.41, 5.74) is 0. The van der Waals surface area contributed by atoms with E-state index >= 15 is 0 Å². The molecule has 4 heteroatoms. The van der Waals surface area contributed by atoms with Crippen molar-refractivity contribution in [3.8, 4) is 0 Å². The van der Waals surface area contributed by atoms with Gasteiger partial charge in [-0.25, -0.2) is 0 Å². The molecule has 0 aliphatic rings. The second-order valence-corrected chi connectivity index (χ2v) is 16.6. The summed E-state index contributed by atoms with van der Waals surface area (Å²) in [5, 5.41) is 0. The number of allylic oxidation sites excluding steroid dienone is 1. The summed E-state index contributed by atoms with van der Waals surface area (Å²) >= 11 is 0. The van der Waals surface area contributed by atoms with Gasteiger partial charge in [0.25, 0.3) is 0 Å². The number of carbonyl (C=O) groups excluding carboxylic acids is 1. The minimum absolute atomic E-state index is 0.0854. The molecule has 4 nitrogen and oxygen atoms in total. The highest BCUT2D eigenvalue weighted by Gasteiger charge is 2.19. The molecule has 0 bridgehead atoms. The lowest BCUT2D eigenvalue weighted by molar-refractivity contribution is -0.149. The van der Waals surface area contributed by atoms with Crippen molar-refractivity contribution in [2.75, 3.05) is 39.5 Å². The smallest absolute Gasteiger partial charge is 0.308 e. The average molecular weight is 748 g/mol. The molecule has 0 rings (SSSR count). The molecule has 0 amide bonds. The Morgan fingerprint density at radius 1 is 0.491 bits per heavy atom. The molecule has 0 saturated carbocycles. The number of carbonyl (C=O) groups is 1. The molecule has 53 heavy (non-hydrogen) atoms.